The summed E-state index contributed by atoms with van der Waals surface area (Å²) < 4.78 is 0. The Morgan fingerprint density at radius 3 is 0.838 bits per heavy atom. The van der Waals surface area contributed by atoms with Crippen molar-refractivity contribution in [3.05, 3.63) is 0 Å². The van der Waals surface area contributed by atoms with Crippen molar-refractivity contribution >= 4 is 0 Å². The molecule has 0 atom stereocenters. The van der Waals surface area contributed by atoms with E-state index in [1.54, 1.807) is 0 Å². The van der Waals surface area contributed by atoms with Gasteiger partial charge in [0, 0.05) is 11.1 Å². The van der Waals surface area contributed by atoms with Gasteiger partial charge in [-0.3, -0.25) is 4.90 Å². The van der Waals surface area contributed by atoms with Crippen LogP contribution in [0.2, 0.25) is 0 Å². The van der Waals surface area contributed by atoms with Crippen LogP contribution in [-0.2, 0) is 0 Å². The van der Waals surface area contributed by atoms with Crippen LogP contribution >= 0.6 is 0 Å². The maximum atomic E-state index is 2.91. The molecule has 0 heterocycles. The Labute approximate surface area is 237 Å². The Morgan fingerprint density at radius 2 is 0.568 bits per heavy atom. The van der Waals surface area contributed by atoms with Gasteiger partial charge in [-0.2, -0.15) is 0 Å². The summed E-state index contributed by atoms with van der Waals surface area (Å²) >= 11 is 0. The van der Waals surface area contributed by atoms with E-state index in [2.05, 4.69) is 53.4 Å². The average Bonchev–Trinajstić information content (AvgIpc) is 2.85. The van der Waals surface area contributed by atoms with Crippen LogP contribution in [0.25, 0.3) is 0 Å². The quantitative estimate of drug-likeness (QED) is 0.0884. The lowest BCUT2D eigenvalue weighted by molar-refractivity contribution is 0.00191. The molecule has 37 heavy (non-hydrogen) atoms. The van der Waals surface area contributed by atoms with Crippen LogP contribution in [0.1, 0.15) is 215 Å². The van der Waals surface area contributed by atoms with E-state index in [0.717, 1.165) is 0 Å². The lowest BCUT2D eigenvalue weighted by Crippen LogP contribution is -2.55. The highest BCUT2D eigenvalue weighted by Crippen LogP contribution is 2.33. The largest absolute Gasteiger partial charge is 0.293 e. The lowest BCUT2D eigenvalue weighted by Gasteiger charge is -2.49. The summed E-state index contributed by atoms with van der Waals surface area (Å²) in [5, 5.41) is 0. The fourth-order valence-corrected chi connectivity index (χ4v) is 6.45. The van der Waals surface area contributed by atoms with Crippen molar-refractivity contribution in [2.75, 3.05) is 6.54 Å². The molecule has 0 aliphatic heterocycles. The second-order valence-corrected chi connectivity index (χ2v) is 13.7. The van der Waals surface area contributed by atoms with E-state index in [1.807, 2.05) is 0 Å². The number of unbranched alkanes of at least 4 members (excludes halogenated alkanes) is 21. The first-order valence-electron chi connectivity index (χ1n) is 17.6. The van der Waals surface area contributed by atoms with Gasteiger partial charge in [-0.25, -0.2) is 0 Å². The van der Waals surface area contributed by atoms with E-state index in [9.17, 15) is 0 Å². The topological polar surface area (TPSA) is 3.24 Å². The molecule has 0 radical (unpaired) electrons. The molecule has 0 fully saturated rings. The molecule has 0 aromatic rings. The van der Waals surface area contributed by atoms with E-state index < -0.39 is 0 Å². The van der Waals surface area contributed by atoms with Gasteiger partial charge in [0.1, 0.15) is 0 Å². The van der Waals surface area contributed by atoms with Crippen molar-refractivity contribution in [2.24, 2.45) is 0 Å². The molecule has 0 aromatic heterocycles. The molecule has 0 saturated carbocycles. The Bertz CT molecular complexity index is 414. The zero-order valence-corrected chi connectivity index (χ0v) is 27.5. The van der Waals surface area contributed by atoms with Gasteiger partial charge in [0.2, 0.25) is 0 Å². The summed E-state index contributed by atoms with van der Waals surface area (Å²) in [5.74, 6) is 0. The Balaban J connectivity index is 4.20. The van der Waals surface area contributed by atoms with Crippen LogP contribution in [0.15, 0.2) is 0 Å². The first-order valence-corrected chi connectivity index (χ1v) is 17.6. The van der Waals surface area contributed by atoms with E-state index in [0.29, 0.717) is 11.1 Å². The van der Waals surface area contributed by atoms with Crippen LogP contribution in [0, 0.1) is 0 Å². The van der Waals surface area contributed by atoms with Crippen molar-refractivity contribution < 1.29 is 0 Å². The van der Waals surface area contributed by atoms with Crippen molar-refractivity contribution in [2.45, 2.75) is 226 Å². The molecule has 0 spiro atoms. The van der Waals surface area contributed by atoms with Gasteiger partial charge in [-0.15, -0.1) is 0 Å². The Morgan fingerprint density at radius 1 is 0.324 bits per heavy atom. The molecule has 224 valence electrons. The van der Waals surface area contributed by atoms with Crippen LogP contribution in [-0.4, -0.2) is 22.5 Å². The predicted molar refractivity (Wildman–Crippen MR) is 172 cm³/mol. The summed E-state index contributed by atoms with van der Waals surface area (Å²) in [6, 6.07) is 0. The first kappa shape index (κ1) is 37.0. The van der Waals surface area contributed by atoms with E-state index in [4.69, 9.17) is 0 Å². The molecule has 0 aliphatic rings. The first-order chi connectivity index (χ1) is 17.8. The van der Waals surface area contributed by atoms with Gasteiger partial charge in [-0.05, 0) is 53.5 Å². The van der Waals surface area contributed by atoms with Crippen LogP contribution in [0.3, 0.4) is 0 Å². The number of rotatable bonds is 29. The third kappa shape index (κ3) is 21.5. The monoisotopic (exact) mass is 522 g/mol. The molecule has 0 unspecified atom stereocenters. The molecule has 0 bridgehead atoms. The molecule has 0 aliphatic carbocycles. The fourth-order valence-electron chi connectivity index (χ4n) is 6.45. The highest BCUT2D eigenvalue weighted by atomic mass is 15.2. The second-order valence-electron chi connectivity index (χ2n) is 13.7. The summed E-state index contributed by atoms with van der Waals surface area (Å²) in [6.45, 7) is 18.4. The summed E-state index contributed by atoms with van der Waals surface area (Å²) in [7, 11) is 0. The van der Waals surface area contributed by atoms with Crippen LogP contribution < -0.4 is 0 Å². The minimum absolute atomic E-state index is 0.315. The van der Waals surface area contributed by atoms with Gasteiger partial charge in [0.25, 0.3) is 0 Å². The molecule has 0 aromatic carbocycles. The molecule has 1 nitrogen and oxygen atoms in total. The molecule has 0 N–H and O–H groups in total. The van der Waals surface area contributed by atoms with E-state index >= 15 is 0 Å². The lowest BCUT2D eigenvalue weighted by atomic mass is 9.85. The molecule has 0 saturated heterocycles. The zero-order chi connectivity index (χ0) is 27.7. The van der Waals surface area contributed by atoms with Crippen LogP contribution in [0.4, 0.5) is 0 Å². The highest BCUT2D eigenvalue weighted by Gasteiger charge is 2.36. The van der Waals surface area contributed by atoms with Crippen molar-refractivity contribution in [1.82, 2.24) is 4.90 Å². The number of nitrogens with zero attached hydrogens (tertiary/aromatic N) is 1. The number of hydrogen-bond acceptors (Lipinski definition) is 1. The van der Waals surface area contributed by atoms with Gasteiger partial charge in [0.15, 0.2) is 0 Å². The summed E-state index contributed by atoms with van der Waals surface area (Å²) in [4.78, 5) is 2.91. The van der Waals surface area contributed by atoms with Crippen LogP contribution in [0.5, 0.6) is 0 Å². The molecule has 0 rings (SSSR count). The second kappa shape index (κ2) is 25.0. The average molecular weight is 522 g/mol. The fraction of sp³-hybridized carbons (Fsp3) is 1.00. The standard InChI is InChI=1S/C36H75N/c1-8-11-14-16-18-20-22-24-26-28-30-32-35(4,5)37(34-13-10-3)36(6,7)33-31-29-27-25-23-21-19-17-15-12-9-2/h8-34H2,1-7H3. The minimum atomic E-state index is 0.315. The molecule has 1 heteroatoms. The van der Waals surface area contributed by atoms with Gasteiger partial charge in [-0.1, -0.05) is 168 Å². The third-order valence-corrected chi connectivity index (χ3v) is 8.98. The van der Waals surface area contributed by atoms with Crippen molar-refractivity contribution in [1.29, 1.82) is 0 Å². The number of hydrogen-bond donors (Lipinski definition) is 0. The smallest absolute Gasteiger partial charge is 0.0158 e. The van der Waals surface area contributed by atoms with Gasteiger partial charge >= 0.3 is 0 Å². The Hall–Kier alpha value is -0.0400. The zero-order valence-electron chi connectivity index (χ0n) is 27.5. The third-order valence-electron chi connectivity index (χ3n) is 8.98. The molecular weight excluding hydrogens is 446 g/mol. The maximum absolute atomic E-state index is 2.91. The van der Waals surface area contributed by atoms with E-state index in [-0.39, 0.29) is 0 Å². The van der Waals surface area contributed by atoms with Gasteiger partial charge < -0.3 is 0 Å². The van der Waals surface area contributed by atoms with Crippen molar-refractivity contribution in [3.63, 3.8) is 0 Å². The SMILES string of the molecule is CCCCCCCCCCCCCC(C)(C)N(CCCC)C(C)(C)CCCCCCCCCCCCC. The maximum Gasteiger partial charge on any atom is 0.0158 e. The summed E-state index contributed by atoms with van der Waals surface area (Å²) in [5.41, 5.74) is 0.630. The molecular formula is C36H75N. The molecule has 0 amide bonds. The van der Waals surface area contributed by atoms with Gasteiger partial charge in [0.05, 0.1) is 0 Å². The summed E-state index contributed by atoms with van der Waals surface area (Å²) in [6.07, 6.45) is 37.0. The highest BCUT2D eigenvalue weighted by molar-refractivity contribution is 4.92. The van der Waals surface area contributed by atoms with E-state index in [1.165, 1.54) is 173 Å². The predicted octanol–water partition coefficient (Wildman–Crippen LogP) is 13.0. The Kier molecular flexibility index (Phi) is 24.9. The van der Waals surface area contributed by atoms with Crippen molar-refractivity contribution in [3.8, 4) is 0 Å². The minimum Gasteiger partial charge on any atom is -0.293 e. The normalized spacial score (nSPS) is 12.6.